The number of ether oxygens (including phenoxy) is 7. The van der Waals surface area contributed by atoms with Crippen LogP contribution in [0, 0.1) is 0 Å². The molecule has 2 aliphatic rings. The number of carbonyl (C=O) groups excluding carboxylic acids is 2. The molecule has 26 heteroatoms. The molecule has 2 atom stereocenters. The van der Waals surface area contributed by atoms with Crippen molar-refractivity contribution in [3.8, 4) is 0 Å². The van der Waals surface area contributed by atoms with Crippen LogP contribution >= 0.6 is 46.4 Å². The van der Waals surface area contributed by atoms with E-state index in [1.807, 2.05) is 45.3 Å². The maximum Gasteiger partial charge on any atom is 0.240 e. The van der Waals surface area contributed by atoms with Crippen molar-refractivity contribution in [3.05, 3.63) is 121 Å². The Morgan fingerprint density at radius 1 is 0.566 bits per heavy atom. The molecule has 0 unspecified atom stereocenters. The molecule has 83 heavy (non-hydrogen) atoms. The summed E-state index contributed by atoms with van der Waals surface area (Å²) in [6.07, 6.45) is 1.63. The van der Waals surface area contributed by atoms with Crippen molar-refractivity contribution >= 4 is 84.0 Å². The van der Waals surface area contributed by atoms with Crippen LogP contribution < -0.4 is 25.0 Å². The molecule has 0 aromatic heterocycles. The first-order chi connectivity index (χ1) is 39.9. The number of hydrogen-bond donors (Lipinski definition) is 4. The summed E-state index contributed by atoms with van der Waals surface area (Å²) in [5, 5.41) is 7.86. The molecule has 2 heterocycles. The fraction of sp³-hybridized carbons (Fsp3) is 0.544. The van der Waals surface area contributed by atoms with E-state index < -0.39 is 20.0 Å². The molecule has 2 aliphatic heterocycles. The zero-order chi connectivity index (χ0) is 59.6. The summed E-state index contributed by atoms with van der Waals surface area (Å²) >= 11 is 25.8. The molecule has 0 bridgehead atoms. The number of carbonyl (C=O) groups is 2. The molecule has 0 spiro atoms. The second-order valence-corrected chi connectivity index (χ2v) is 25.2. The minimum Gasteiger partial charge on any atom is -0.380 e. The number of rotatable bonds is 39. The number of hydrogen-bond acceptors (Lipinski definition) is 16. The lowest BCUT2D eigenvalue weighted by Crippen LogP contribution is -2.45. The number of sulfonamides is 2. The lowest BCUT2D eigenvalue weighted by molar-refractivity contribution is -0.125. The average molecular weight is 1280 g/mol. The van der Waals surface area contributed by atoms with Crippen molar-refractivity contribution < 1.29 is 59.6 Å². The molecule has 0 fully saturated rings. The smallest absolute Gasteiger partial charge is 0.240 e. The number of benzene rings is 4. The highest BCUT2D eigenvalue weighted by molar-refractivity contribution is 7.89. The first-order valence-electron chi connectivity index (χ1n) is 27.8. The summed E-state index contributed by atoms with van der Waals surface area (Å²) in [6, 6.07) is 21.1. The molecule has 0 aliphatic carbocycles. The molecule has 6 rings (SSSR count). The van der Waals surface area contributed by atoms with Gasteiger partial charge in [-0.25, -0.2) is 26.3 Å². The topological polar surface area (TPSA) is 225 Å². The van der Waals surface area contributed by atoms with Crippen LogP contribution in [-0.2, 0) is 69.3 Å². The van der Waals surface area contributed by atoms with Gasteiger partial charge in [0.25, 0.3) is 0 Å². The van der Waals surface area contributed by atoms with Gasteiger partial charge in [0, 0.05) is 92.9 Å². The fourth-order valence-corrected chi connectivity index (χ4v) is 12.9. The highest BCUT2D eigenvalue weighted by Gasteiger charge is 2.30. The Morgan fingerprint density at radius 2 is 1.02 bits per heavy atom. The summed E-state index contributed by atoms with van der Waals surface area (Å²) in [5.74, 6) is -0.684. The third-order valence-corrected chi connectivity index (χ3v) is 17.5. The van der Waals surface area contributed by atoms with E-state index in [-0.39, 0.29) is 126 Å². The number of nitrogens with zero attached hydrogens (tertiary/aromatic N) is 3. The zero-order valence-corrected chi connectivity index (χ0v) is 52.1. The third kappa shape index (κ3) is 22.8. The van der Waals surface area contributed by atoms with Gasteiger partial charge in [0.1, 0.15) is 0 Å². The Labute approximate surface area is 509 Å². The van der Waals surface area contributed by atoms with Crippen LogP contribution in [0.5, 0.6) is 0 Å². The lowest BCUT2D eigenvalue weighted by Gasteiger charge is -2.34. The van der Waals surface area contributed by atoms with E-state index >= 15 is 0 Å². The van der Waals surface area contributed by atoms with Crippen molar-refractivity contribution in [3.63, 3.8) is 0 Å². The third-order valence-electron chi connectivity index (χ3n) is 13.5. The quantitative estimate of drug-likeness (QED) is 0.0367. The molecule has 2 amide bonds. The zero-order valence-electron chi connectivity index (χ0n) is 47.4. The first kappa shape index (κ1) is 68.4. The molecule has 4 N–H and O–H groups in total. The van der Waals surface area contributed by atoms with Gasteiger partial charge < -0.3 is 53.6 Å². The van der Waals surface area contributed by atoms with Gasteiger partial charge in [-0.2, -0.15) is 0 Å². The first-order valence-corrected chi connectivity index (χ1v) is 32.3. The highest BCUT2D eigenvalue weighted by atomic mass is 35.5. The number of anilines is 1. The Morgan fingerprint density at radius 3 is 1.54 bits per heavy atom. The minimum atomic E-state index is -3.80. The lowest BCUT2D eigenvalue weighted by atomic mass is 9.84. The predicted octanol–water partition coefficient (Wildman–Crippen LogP) is 6.17. The van der Waals surface area contributed by atoms with E-state index in [1.165, 1.54) is 0 Å². The second-order valence-electron chi connectivity index (χ2n) is 19.9. The maximum absolute atomic E-state index is 13.2. The van der Waals surface area contributed by atoms with E-state index in [1.54, 1.807) is 53.4 Å². The second kappa shape index (κ2) is 35.8. The number of halogens is 4. The van der Waals surface area contributed by atoms with Crippen LogP contribution in [0.3, 0.4) is 0 Å². The van der Waals surface area contributed by atoms with Crippen LogP contribution in [0.1, 0.15) is 59.4 Å². The van der Waals surface area contributed by atoms with E-state index in [9.17, 15) is 26.4 Å². The number of amides is 2. The van der Waals surface area contributed by atoms with E-state index in [0.717, 1.165) is 52.9 Å². The Kier molecular flexibility index (Phi) is 29.5. The van der Waals surface area contributed by atoms with Gasteiger partial charge in [-0.3, -0.25) is 14.5 Å². The predicted molar refractivity (Wildman–Crippen MR) is 323 cm³/mol. The Balaban J connectivity index is 0.743. The summed E-state index contributed by atoms with van der Waals surface area (Å²) in [6.45, 7) is 9.24. The van der Waals surface area contributed by atoms with Gasteiger partial charge in [0.15, 0.2) is 0 Å². The maximum atomic E-state index is 13.2. The number of nitrogens with one attached hydrogen (secondary N) is 4. The van der Waals surface area contributed by atoms with E-state index in [0.29, 0.717) is 79.4 Å². The van der Waals surface area contributed by atoms with Crippen LogP contribution in [-0.4, -0.2) is 204 Å². The molecule has 0 saturated carbocycles. The van der Waals surface area contributed by atoms with Crippen molar-refractivity contribution in [2.75, 3.05) is 170 Å². The molecule has 460 valence electrons. The van der Waals surface area contributed by atoms with Crippen LogP contribution in [0.2, 0.25) is 20.1 Å². The molecule has 0 saturated heterocycles. The fourth-order valence-electron chi connectivity index (χ4n) is 9.56. The molecular formula is C57H79Cl4N7O13S2. The Bertz CT molecular complexity index is 2920. The van der Waals surface area contributed by atoms with Gasteiger partial charge >= 0.3 is 0 Å². The monoisotopic (exact) mass is 1270 g/mol. The van der Waals surface area contributed by atoms with Crippen LogP contribution in [0.25, 0.3) is 0 Å². The normalized spacial score (nSPS) is 15.6. The SMILES string of the molecule is CCCOCCN(CC(=O)NCCOCCOCCOCCNS(=O)(=O)c1cccc([C@@H]2CN(C)Cc3c(Cl)cc(Cl)cc32)c1)CC(=O)NCCOCCOCCOCCNS(=O)(=O)c1cccc([C@@H]2CCN(C)c3c(Cl)cc(Cl)cc32)c1. The highest BCUT2D eigenvalue weighted by Crippen LogP contribution is 2.44. The molecule has 20 nitrogen and oxygen atoms in total. The van der Waals surface area contributed by atoms with Gasteiger partial charge in [0.2, 0.25) is 31.9 Å². The number of likely N-dealkylation sites (N-methyl/N-ethyl adjacent to an activating group) is 1. The summed E-state index contributed by atoms with van der Waals surface area (Å²) in [7, 11) is -3.62. The molecule has 0 radical (unpaired) electrons. The Hall–Kier alpha value is -3.76. The van der Waals surface area contributed by atoms with Crippen molar-refractivity contribution in [1.29, 1.82) is 0 Å². The van der Waals surface area contributed by atoms with Crippen molar-refractivity contribution in [2.45, 2.75) is 47.9 Å². The van der Waals surface area contributed by atoms with Gasteiger partial charge in [-0.05, 0) is 96.2 Å². The minimum absolute atomic E-state index is 0.00937. The van der Waals surface area contributed by atoms with E-state index in [2.05, 4.69) is 29.9 Å². The largest absolute Gasteiger partial charge is 0.380 e. The summed E-state index contributed by atoms with van der Waals surface area (Å²) in [5.41, 5.74) is 5.57. The average Bonchev–Trinajstić information content (AvgIpc) is 3.47. The molecule has 4 aromatic rings. The summed E-state index contributed by atoms with van der Waals surface area (Å²) < 4.78 is 97.1. The molecular weight excluding hydrogens is 1200 g/mol. The van der Waals surface area contributed by atoms with Gasteiger partial charge in [-0.15, -0.1) is 0 Å². The summed E-state index contributed by atoms with van der Waals surface area (Å²) in [4.78, 5) is 31.9. The van der Waals surface area contributed by atoms with Gasteiger partial charge in [-0.1, -0.05) is 77.6 Å². The van der Waals surface area contributed by atoms with E-state index in [4.69, 9.17) is 79.6 Å². The van der Waals surface area contributed by atoms with Crippen molar-refractivity contribution in [1.82, 2.24) is 29.9 Å². The number of fused-ring (bicyclic) bond motifs is 2. The standard InChI is InChI=1S/C57H79Cl4N7O13S2/c1-4-18-75-23-17-68(40-55(69)62-12-19-76-24-28-80-30-26-78-21-14-64-82(71,72)46-9-5-7-42(32-46)48-11-16-67(3)57-50(48)35-45(59)37-54(57)61)41-56(70)63-13-20-77-25-29-81-31-27-79-22-15-65-83(73,74)47-10-6-8-43(33-47)51-38-66(2)39-52-49(51)34-44(58)36-53(52)60/h5-10,32-37,48,51,64-65H,4,11-31,38-41H2,1-3H3,(H,62,69)(H,63,70)/t48-,51-/m0/s1. The van der Waals surface area contributed by atoms with Gasteiger partial charge in [0.05, 0.1) is 119 Å². The van der Waals surface area contributed by atoms with Crippen LogP contribution in [0.15, 0.2) is 82.6 Å². The van der Waals surface area contributed by atoms with Crippen molar-refractivity contribution in [2.24, 2.45) is 0 Å². The molecule has 4 aromatic carbocycles. The van der Waals surface area contributed by atoms with Crippen LogP contribution in [0.4, 0.5) is 5.69 Å².